The number of benzene rings is 1. The van der Waals surface area contributed by atoms with Crippen LogP contribution in [0.3, 0.4) is 0 Å². The maximum absolute atomic E-state index is 11.7. The summed E-state index contributed by atoms with van der Waals surface area (Å²) in [6.07, 6.45) is 0. The SMILES string of the molecule is Cc1cc(Br)ccc1NC(=O)CSC[C@H](N)C(=O)O. The Morgan fingerprint density at radius 3 is 2.79 bits per heavy atom. The van der Waals surface area contributed by atoms with Gasteiger partial charge in [-0.15, -0.1) is 11.8 Å². The largest absolute Gasteiger partial charge is 0.480 e. The van der Waals surface area contributed by atoms with Gasteiger partial charge >= 0.3 is 5.97 Å². The molecule has 0 aromatic heterocycles. The van der Waals surface area contributed by atoms with Crippen molar-refractivity contribution in [2.45, 2.75) is 13.0 Å². The first-order valence-corrected chi connectivity index (χ1v) is 7.47. The molecule has 1 rings (SSSR count). The van der Waals surface area contributed by atoms with Gasteiger partial charge < -0.3 is 16.2 Å². The lowest BCUT2D eigenvalue weighted by Gasteiger charge is -2.09. The quantitative estimate of drug-likeness (QED) is 0.730. The van der Waals surface area contributed by atoms with E-state index in [1.807, 2.05) is 25.1 Å². The van der Waals surface area contributed by atoms with Gasteiger partial charge in [0.2, 0.25) is 5.91 Å². The van der Waals surface area contributed by atoms with Gasteiger partial charge in [-0.25, -0.2) is 0 Å². The van der Waals surface area contributed by atoms with Crippen molar-refractivity contribution in [1.29, 1.82) is 0 Å². The summed E-state index contributed by atoms with van der Waals surface area (Å²) in [7, 11) is 0. The molecule has 0 heterocycles. The Hall–Kier alpha value is -1.05. The summed E-state index contributed by atoms with van der Waals surface area (Å²) >= 11 is 4.55. The molecule has 0 bridgehead atoms. The molecule has 0 aliphatic heterocycles. The third kappa shape index (κ3) is 5.63. The average molecular weight is 347 g/mol. The van der Waals surface area contributed by atoms with Gasteiger partial charge in [0.25, 0.3) is 0 Å². The Morgan fingerprint density at radius 2 is 2.21 bits per heavy atom. The van der Waals surface area contributed by atoms with Crippen LogP contribution in [0.15, 0.2) is 22.7 Å². The van der Waals surface area contributed by atoms with E-state index in [2.05, 4.69) is 21.2 Å². The Kier molecular flexibility index (Phi) is 6.33. The second-order valence-electron chi connectivity index (χ2n) is 3.97. The highest BCUT2D eigenvalue weighted by Crippen LogP contribution is 2.20. The zero-order valence-corrected chi connectivity index (χ0v) is 12.8. The summed E-state index contributed by atoms with van der Waals surface area (Å²) in [6.45, 7) is 1.90. The fourth-order valence-corrected chi connectivity index (χ4v) is 2.55. The molecule has 1 aromatic carbocycles. The zero-order chi connectivity index (χ0) is 14.4. The van der Waals surface area contributed by atoms with Crippen LogP contribution in [0.1, 0.15) is 5.56 Å². The van der Waals surface area contributed by atoms with Crippen LogP contribution in [-0.2, 0) is 9.59 Å². The van der Waals surface area contributed by atoms with E-state index in [4.69, 9.17) is 10.8 Å². The standard InChI is InChI=1S/C12H15BrN2O3S/c1-7-4-8(13)2-3-10(7)15-11(16)6-19-5-9(14)12(17)18/h2-4,9H,5-6,14H2,1H3,(H,15,16)(H,17,18)/t9-/m0/s1. The molecule has 19 heavy (non-hydrogen) atoms. The van der Waals surface area contributed by atoms with E-state index in [0.29, 0.717) is 0 Å². The first-order valence-electron chi connectivity index (χ1n) is 5.52. The summed E-state index contributed by atoms with van der Waals surface area (Å²) in [5, 5.41) is 11.4. The van der Waals surface area contributed by atoms with Crippen LogP contribution in [0.2, 0.25) is 0 Å². The topological polar surface area (TPSA) is 92.4 Å². The summed E-state index contributed by atoms with van der Waals surface area (Å²) in [5.41, 5.74) is 7.04. The Morgan fingerprint density at radius 1 is 1.53 bits per heavy atom. The Labute approximate surface area is 124 Å². The highest BCUT2D eigenvalue weighted by Gasteiger charge is 2.12. The number of thioether (sulfide) groups is 1. The number of aliphatic carboxylic acids is 1. The number of hydrogen-bond acceptors (Lipinski definition) is 4. The molecule has 0 aliphatic rings. The van der Waals surface area contributed by atoms with Crippen molar-refractivity contribution in [3.63, 3.8) is 0 Å². The van der Waals surface area contributed by atoms with Crippen LogP contribution in [0, 0.1) is 6.92 Å². The smallest absolute Gasteiger partial charge is 0.321 e. The number of halogens is 1. The van der Waals surface area contributed by atoms with Crippen LogP contribution in [0.25, 0.3) is 0 Å². The molecule has 1 amide bonds. The van der Waals surface area contributed by atoms with Crippen molar-refractivity contribution in [3.8, 4) is 0 Å². The van der Waals surface area contributed by atoms with Crippen molar-refractivity contribution >= 4 is 45.3 Å². The highest BCUT2D eigenvalue weighted by molar-refractivity contribution is 9.10. The molecule has 104 valence electrons. The average Bonchev–Trinajstić information content (AvgIpc) is 2.32. The lowest BCUT2D eigenvalue weighted by atomic mass is 10.2. The number of nitrogens with two attached hydrogens (primary N) is 1. The van der Waals surface area contributed by atoms with Gasteiger partial charge in [-0.2, -0.15) is 0 Å². The number of aryl methyl sites for hydroxylation is 1. The predicted molar refractivity (Wildman–Crippen MR) is 80.4 cm³/mol. The van der Waals surface area contributed by atoms with Gasteiger partial charge in [-0.3, -0.25) is 9.59 Å². The normalized spacial score (nSPS) is 11.9. The maximum atomic E-state index is 11.7. The van der Waals surface area contributed by atoms with Crippen molar-refractivity contribution in [2.24, 2.45) is 5.73 Å². The Balaban J connectivity index is 2.41. The molecule has 1 atom stereocenters. The van der Waals surface area contributed by atoms with E-state index in [1.165, 1.54) is 11.8 Å². The van der Waals surface area contributed by atoms with Gasteiger partial charge in [0.1, 0.15) is 6.04 Å². The van der Waals surface area contributed by atoms with Crippen LogP contribution in [-0.4, -0.2) is 34.5 Å². The minimum Gasteiger partial charge on any atom is -0.480 e. The van der Waals surface area contributed by atoms with Crippen LogP contribution >= 0.6 is 27.7 Å². The summed E-state index contributed by atoms with van der Waals surface area (Å²) < 4.78 is 0.949. The van der Waals surface area contributed by atoms with Crippen molar-refractivity contribution in [3.05, 3.63) is 28.2 Å². The second kappa shape index (κ2) is 7.52. The molecule has 7 heteroatoms. The molecule has 0 spiro atoms. The number of amides is 1. The molecule has 4 N–H and O–H groups in total. The molecule has 0 aliphatic carbocycles. The van der Waals surface area contributed by atoms with Crippen LogP contribution < -0.4 is 11.1 Å². The number of carboxylic acid groups (broad SMARTS) is 1. The number of carboxylic acids is 1. The predicted octanol–water partition coefficient (Wildman–Crippen LogP) is 1.84. The molecular weight excluding hydrogens is 332 g/mol. The number of nitrogens with one attached hydrogen (secondary N) is 1. The van der Waals surface area contributed by atoms with E-state index in [9.17, 15) is 9.59 Å². The molecule has 0 saturated carbocycles. The lowest BCUT2D eigenvalue weighted by molar-refractivity contribution is -0.137. The monoisotopic (exact) mass is 346 g/mol. The first kappa shape index (κ1) is 16.0. The number of carbonyl (C=O) groups excluding carboxylic acids is 1. The third-order valence-electron chi connectivity index (χ3n) is 2.31. The third-order valence-corrected chi connectivity index (χ3v) is 3.86. The second-order valence-corrected chi connectivity index (χ2v) is 5.91. The van der Waals surface area contributed by atoms with Gasteiger partial charge in [-0.1, -0.05) is 15.9 Å². The Bertz CT molecular complexity index is 482. The summed E-state index contributed by atoms with van der Waals surface area (Å²) in [5.74, 6) is -0.844. The fraction of sp³-hybridized carbons (Fsp3) is 0.333. The molecule has 0 radical (unpaired) electrons. The van der Waals surface area contributed by atoms with Crippen molar-refractivity contribution in [2.75, 3.05) is 16.8 Å². The molecule has 5 nitrogen and oxygen atoms in total. The van der Waals surface area contributed by atoms with Gasteiger partial charge in [0.05, 0.1) is 5.75 Å². The fourth-order valence-electron chi connectivity index (χ4n) is 1.30. The van der Waals surface area contributed by atoms with E-state index in [1.54, 1.807) is 0 Å². The summed E-state index contributed by atoms with van der Waals surface area (Å²) in [6, 6.07) is 4.62. The van der Waals surface area contributed by atoms with Crippen molar-refractivity contribution < 1.29 is 14.7 Å². The van der Waals surface area contributed by atoms with Gasteiger partial charge in [0.15, 0.2) is 0 Å². The van der Waals surface area contributed by atoms with E-state index in [-0.39, 0.29) is 17.4 Å². The number of anilines is 1. The van der Waals surface area contributed by atoms with Crippen LogP contribution in [0.5, 0.6) is 0 Å². The zero-order valence-electron chi connectivity index (χ0n) is 10.4. The van der Waals surface area contributed by atoms with Gasteiger partial charge in [0, 0.05) is 15.9 Å². The number of carbonyl (C=O) groups is 2. The minimum atomic E-state index is -1.06. The molecule has 1 aromatic rings. The maximum Gasteiger partial charge on any atom is 0.321 e. The molecule has 0 saturated heterocycles. The first-order chi connectivity index (χ1) is 8.90. The highest BCUT2D eigenvalue weighted by atomic mass is 79.9. The molecule has 0 fully saturated rings. The molecule has 0 unspecified atom stereocenters. The van der Waals surface area contributed by atoms with E-state index in [0.717, 1.165) is 15.7 Å². The van der Waals surface area contributed by atoms with Crippen LogP contribution in [0.4, 0.5) is 5.69 Å². The van der Waals surface area contributed by atoms with Crippen molar-refractivity contribution in [1.82, 2.24) is 0 Å². The van der Waals surface area contributed by atoms with E-state index >= 15 is 0 Å². The molecular formula is C12H15BrN2O3S. The minimum absolute atomic E-state index is 0.173. The van der Waals surface area contributed by atoms with E-state index < -0.39 is 12.0 Å². The lowest BCUT2D eigenvalue weighted by Crippen LogP contribution is -2.33. The summed E-state index contributed by atoms with van der Waals surface area (Å²) in [4.78, 5) is 22.2. The number of rotatable bonds is 6. The van der Waals surface area contributed by atoms with Gasteiger partial charge in [-0.05, 0) is 30.7 Å². The number of hydrogen-bond donors (Lipinski definition) is 3.